The van der Waals surface area contributed by atoms with Crippen molar-refractivity contribution in [3.05, 3.63) is 29.3 Å². The number of amides is 2. The molecule has 2 aliphatic heterocycles. The molecule has 4 rings (SSSR count). The molecular weight excluding hydrogens is 388 g/mol. The summed E-state index contributed by atoms with van der Waals surface area (Å²) in [6.07, 6.45) is 11.4. The first kappa shape index (κ1) is 22.1. The third-order valence-electron chi connectivity index (χ3n) is 7.27. The summed E-state index contributed by atoms with van der Waals surface area (Å²) in [6.45, 7) is 3.68. The molecule has 3 aliphatic rings. The van der Waals surface area contributed by atoms with E-state index in [0.29, 0.717) is 6.54 Å². The fourth-order valence-electron chi connectivity index (χ4n) is 5.47. The molecule has 2 N–H and O–H groups in total. The number of nitrogens with one attached hydrogen (secondary N) is 2. The van der Waals surface area contributed by atoms with Gasteiger partial charge < -0.3 is 15.5 Å². The smallest absolute Gasteiger partial charge is 0.309 e. The summed E-state index contributed by atoms with van der Waals surface area (Å²) in [6, 6.07) is 7.03. The van der Waals surface area contributed by atoms with Gasteiger partial charge in [-0.25, -0.2) is 0 Å². The highest BCUT2D eigenvalue weighted by molar-refractivity contribution is 6.35. The Bertz CT molecular complexity index is 767. The van der Waals surface area contributed by atoms with Crippen LogP contribution < -0.4 is 15.5 Å². The summed E-state index contributed by atoms with van der Waals surface area (Å²) in [5.74, 6) is -0.967. The van der Waals surface area contributed by atoms with Gasteiger partial charge in [-0.3, -0.25) is 14.5 Å². The summed E-state index contributed by atoms with van der Waals surface area (Å²) in [5.41, 5.74) is 3.97. The minimum Gasteiger partial charge on any atom is -0.374 e. The molecule has 0 spiro atoms. The molecule has 2 amide bonds. The molecular formula is C25H38N4O2. The molecule has 1 saturated carbocycles. The predicted molar refractivity (Wildman–Crippen MR) is 124 cm³/mol. The number of aryl methyl sites for hydroxylation is 1. The van der Waals surface area contributed by atoms with Crippen LogP contribution in [0.3, 0.4) is 0 Å². The van der Waals surface area contributed by atoms with Gasteiger partial charge in [0, 0.05) is 31.9 Å². The standard InChI is InChI=1S/C25H38N4O2/c1-28-14-8-9-19-17-20(12-13-22(19)28)23(29-15-6-7-16-29)18-26-24(30)25(31)27-21-10-4-2-3-5-11-21/h12-13,17,21,23H,2-11,14-16,18H2,1H3,(H,26,30)(H,27,31). The largest absolute Gasteiger partial charge is 0.374 e. The Morgan fingerprint density at radius 2 is 1.71 bits per heavy atom. The number of hydrogen-bond donors (Lipinski definition) is 2. The van der Waals surface area contributed by atoms with Crippen LogP contribution in [0.4, 0.5) is 5.69 Å². The molecule has 1 aromatic carbocycles. The SMILES string of the molecule is CN1CCCc2cc(C(CNC(=O)C(=O)NC3CCCCCC3)N3CCCC3)ccc21. The van der Waals surface area contributed by atoms with Gasteiger partial charge in [0.2, 0.25) is 0 Å². The summed E-state index contributed by atoms with van der Waals surface area (Å²) in [7, 11) is 2.16. The molecule has 1 aliphatic carbocycles. The Hall–Kier alpha value is -2.08. The minimum atomic E-state index is -0.494. The molecule has 6 heteroatoms. The van der Waals surface area contributed by atoms with Crippen molar-refractivity contribution >= 4 is 17.5 Å². The highest BCUT2D eigenvalue weighted by Gasteiger charge is 2.27. The summed E-state index contributed by atoms with van der Waals surface area (Å²) < 4.78 is 0. The van der Waals surface area contributed by atoms with Crippen LogP contribution in [0.25, 0.3) is 0 Å². The van der Waals surface area contributed by atoms with E-state index in [4.69, 9.17) is 0 Å². The number of fused-ring (bicyclic) bond motifs is 1. The molecule has 0 radical (unpaired) electrons. The van der Waals surface area contributed by atoms with Crippen molar-refractivity contribution in [2.45, 2.75) is 76.3 Å². The van der Waals surface area contributed by atoms with Crippen LogP contribution >= 0.6 is 0 Å². The van der Waals surface area contributed by atoms with Crippen molar-refractivity contribution < 1.29 is 9.59 Å². The molecule has 2 fully saturated rings. The van der Waals surface area contributed by atoms with Crippen LogP contribution in [0.2, 0.25) is 0 Å². The van der Waals surface area contributed by atoms with Crippen molar-refractivity contribution in [1.82, 2.24) is 15.5 Å². The first-order valence-corrected chi connectivity index (χ1v) is 12.3. The fourth-order valence-corrected chi connectivity index (χ4v) is 5.47. The fraction of sp³-hybridized carbons (Fsp3) is 0.680. The van der Waals surface area contributed by atoms with Gasteiger partial charge in [0.05, 0.1) is 6.04 Å². The van der Waals surface area contributed by atoms with Crippen LogP contribution in [-0.2, 0) is 16.0 Å². The average molecular weight is 427 g/mol. The van der Waals surface area contributed by atoms with Crippen molar-refractivity contribution in [2.75, 3.05) is 38.1 Å². The summed E-state index contributed by atoms with van der Waals surface area (Å²) >= 11 is 0. The van der Waals surface area contributed by atoms with E-state index in [1.54, 1.807) is 0 Å². The normalized spacial score (nSPS) is 21.3. The van der Waals surface area contributed by atoms with Gasteiger partial charge in [-0.05, 0) is 68.8 Å². The first-order chi connectivity index (χ1) is 15.1. The molecule has 0 bridgehead atoms. The summed E-state index contributed by atoms with van der Waals surface area (Å²) in [4.78, 5) is 29.8. The average Bonchev–Trinajstić information content (AvgIpc) is 3.18. The second-order valence-electron chi connectivity index (χ2n) is 9.54. The number of benzene rings is 1. The van der Waals surface area contributed by atoms with Gasteiger partial charge in [-0.1, -0.05) is 37.8 Å². The third-order valence-corrected chi connectivity index (χ3v) is 7.27. The number of nitrogens with zero attached hydrogens (tertiary/aromatic N) is 2. The molecule has 1 saturated heterocycles. The van der Waals surface area contributed by atoms with Crippen molar-refractivity contribution in [2.24, 2.45) is 0 Å². The monoisotopic (exact) mass is 426 g/mol. The number of hydrogen-bond acceptors (Lipinski definition) is 4. The van der Waals surface area contributed by atoms with Crippen LogP contribution in [0.5, 0.6) is 0 Å². The Balaban J connectivity index is 1.40. The molecule has 2 heterocycles. The quantitative estimate of drug-likeness (QED) is 0.561. The number of likely N-dealkylation sites (tertiary alicyclic amines) is 1. The number of carbonyl (C=O) groups excluding carboxylic acids is 2. The molecule has 1 atom stereocenters. The van der Waals surface area contributed by atoms with E-state index in [2.05, 4.69) is 45.7 Å². The van der Waals surface area contributed by atoms with Gasteiger partial charge in [0.25, 0.3) is 0 Å². The molecule has 1 unspecified atom stereocenters. The lowest BCUT2D eigenvalue weighted by Gasteiger charge is -2.32. The van der Waals surface area contributed by atoms with Crippen LogP contribution in [-0.4, -0.2) is 56.0 Å². The number of rotatable bonds is 5. The van der Waals surface area contributed by atoms with E-state index < -0.39 is 11.8 Å². The van der Waals surface area contributed by atoms with Crippen LogP contribution in [0, 0.1) is 0 Å². The lowest BCUT2D eigenvalue weighted by atomic mass is 9.96. The molecule has 6 nitrogen and oxygen atoms in total. The van der Waals surface area contributed by atoms with E-state index in [1.165, 1.54) is 48.9 Å². The lowest BCUT2D eigenvalue weighted by Crippen LogP contribution is -2.46. The van der Waals surface area contributed by atoms with E-state index in [1.807, 2.05) is 0 Å². The van der Waals surface area contributed by atoms with Crippen molar-refractivity contribution in [3.8, 4) is 0 Å². The van der Waals surface area contributed by atoms with Crippen molar-refractivity contribution in [1.29, 1.82) is 0 Å². The summed E-state index contributed by atoms with van der Waals surface area (Å²) in [5, 5.41) is 5.92. The van der Waals surface area contributed by atoms with Gasteiger partial charge in [0.15, 0.2) is 0 Å². The Morgan fingerprint density at radius 3 is 2.45 bits per heavy atom. The van der Waals surface area contributed by atoms with Crippen molar-refractivity contribution in [3.63, 3.8) is 0 Å². The maximum atomic E-state index is 12.6. The van der Waals surface area contributed by atoms with E-state index in [9.17, 15) is 9.59 Å². The van der Waals surface area contributed by atoms with Gasteiger partial charge in [0.1, 0.15) is 0 Å². The molecule has 31 heavy (non-hydrogen) atoms. The van der Waals surface area contributed by atoms with E-state index in [-0.39, 0.29) is 12.1 Å². The Kier molecular flexibility index (Phi) is 7.49. The Labute approximate surface area is 186 Å². The highest BCUT2D eigenvalue weighted by Crippen LogP contribution is 2.31. The van der Waals surface area contributed by atoms with Gasteiger partial charge >= 0.3 is 11.8 Å². The zero-order valence-electron chi connectivity index (χ0n) is 19.0. The molecule has 1 aromatic rings. The third kappa shape index (κ3) is 5.59. The second kappa shape index (κ2) is 10.5. The van der Waals surface area contributed by atoms with Crippen LogP contribution in [0.15, 0.2) is 18.2 Å². The second-order valence-corrected chi connectivity index (χ2v) is 9.54. The molecule has 0 aromatic heterocycles. The zero-order chi connectivity index (χ0) is 21.6. The maximum Gasteiger partial charge on any atom is 0.309 e. The maximum absolute atomic E-state index is 12.6. The number of carbonyl (C=O) groups is 2. The topological polar surface area (TPSA) is 64.7 Å². The zero-order valence-corrected chi connectivity index (χ0v) is 19.0. The number of anilines is 1. The van der Waals surface area contributed by atoms with Gasteiger partial charge in [-0.2, -0.15) is 0 Å². The van der Waals surface area contributed by atoms with Crippen LogP contribution in [0.1, 0.15) is 75.0 Å². The Morgan fingerprint density at radius 1 is 0.968 bits per heavy atom. The van der Waals surface area contributed by atoms with E-state index in [0.717, 1.165) is 51.7 Å². The molecule has 170 valence electrons. The highest BCUT2D eigenvalue weighted by atomic mass is 16.2. The predicted octanol–water partition coefficient (Wildman–Crippen LogP) is 3.16. The minimum absolute atomic E-state index is 0.120. The first-order valence-electron chi connectivity index (χ1n) is 12.3. The van der Waals surface area contributed by atoms with Gasteiger partial charge in [-0.15, -0.1) is 0 Å². The lowest BCUT2D eigenvalue weighted by molar-refractivity contribution is -0.139. The van der Waals surface area contributed by atoms with E-state index >= 15 is 0 Å².